The maximum absolute atomic E-state index is 6.36. The topological polar surface area (TPSA) is 27.7 Å². The van der Waals surface area contributed by atoms with E-state index in [-0.39, 0.29) is 0 Å². The Kier molecular flexibility index (Phi) is 14.5. The molecule has 0 aliphatic heterocycles. The van der Waals surface area contributed by atoms with Crippen LogP contribution in [0.5, 0.6) is 0 Å². The first-order valence-corrected chi connectivity index (χ1v) is 24.3. The van der Waals surface area contributed by atoms with Gasteiger partial charge in [-0.2, -0.15) is 0 Å². The predicted molar refractivity (Wildman–Crippen MR) is 199 cm³/mol. The summed E-state index contributed by atoms with van der Waals surface area (Å²) < 4.78 is 19.1. The molecule has 3 nitrogen and oxygen atoms in total. The Labute approximate surface area is 271 Å². The van der Waals surface area contributed by atoms with Crippen LogP contribution in [0.1, 0.15) is 20.8 Å². The molecule has 4 aromatic carbocycles. The molecular formula is C37H50O3P2Si2. The molecule has 4 aromatic rings. The Hall–Kier alpha value is -1.95. The predicted octanol–water partition coefficient (Wildman–Crippen LogP) is 8.38. The third kappa shape index (κ3) is 10.3. The minimum absolute atomic E-state index is 0.430. The zero-order valence-corrected chi connectivity index (χ0v) is 30.8. The van der Waals surface area contributed by atoms with E-state index in [0.29, 0.717) is 19.8 Å². The second-order valence-electron chi connectivity index (χ2n) is 11.4. The van der Waals surface area contributed by atoms with Crippen molar-refractivity contribution in [3.8, 4) is 0 Å². The molecule has 0 saturated carbocycles. The first-order valence-electron chi connectivity index (χ1n) is 16.2. The van der Waals surface area contributed by atoms with E-state index in [1.54, 1.807) is 0 Å². The van der Waals surface area contributed by atoms with Gasteiger partial charge in [0.05, 0.1) is 8.07 Å². The smallest absolute Gasteiger partial charge is 0.374 e. The summed E-state index contributed by atoms with van der Waals surface area (Å²) in [5.41, 5.74) is 0. The lowest BCUT2D eigenvalue weighted by Crippen LogP contribution is -2.48. The quantitative estimate of drug-likeness (QED) is 0.0747. The van der Waals surface area contributed by atoms with Crippen molar-refractivity contribution in [1.82, 2.24) is 0 Å². The van der Waals surface area contributed by atoms with E-state index in [9.17, 15) is 0 Å². The Balaban J connectivity index is 1.63. The summed E-state index contributed by atoms with van der Waals surface area (Å²) in [4.78, 5) is 0. The third-order valence-corrected chi connectivity index (χ3v) is 22.1. The van der Waals surface area contributed by atoms with Crippen LogP contribution >= 0.6 is 15.8 Å². The Morgan fingerprint density at radius 1 is 0.432 bits per heavy atom. The number of hydrogen-bond acceptors (Lipinski definition) is 3. The first-order chi connectivity index (χ1) is 21.5. The highest BCUT2D eigenvalue weighted by Crippen LogP contribution is 2.42. The molecule has 0 atom stereocenters. The fraction of sp³-hybridized carbons (Fsp3) is 0.351. The van der Waals surface area contributed by atoms with Gasteiger partial charge < -0.3 is 13.3 Å². The minimum atomic E-state index is -2.73. The fourth-order valence-corrected chi connectivity index (χ4v) is 22.1. The zero-order valence-electron chi connectivity index (χ0n) is 27.0. The summed E-state index contributed by atoms with van der Waals surface area (Å²) in [6.45, 7) is 10.7. The van der Waals surface area contributed by atoms with E-state index in [2.05, 4.69) is 149 Å². The van der Waals surface area contributed by atoms with Crippen LogP contribution < -0.4 is 21.2 Å². The summed E-state index contributed by atoms with van der Waals surface area (Å²) in [6.07, 6.45) is 2.43. The van der Waals surface area contributed by atoms with E-state index in [0.717, 1.165) is 6.04 Å². The first kappa shape index (κ1) is 34.9. The van der Waals surface area contributed by atoms with Crippen molar-refractivity contribution in [3.63, 3.8) is 0 Å². The molecule has 0 spiro atoms. The fourth-order valence-electron chi connectivity index (χ4n) is 5.84. The minimum Gasteiger partial charge on any atom is -0.374 e. The molecule has 0 saturated heterocycles. The van der Waals surface area contributed by atoms with E-state index in [1.807, 2.05) is 0 Å². The van der Waals surface area contributed by atoms with Gasteiger partial charge in [-0.25, -0.2) is 0 Å². The lowest BCUT2D eigenvalue weighted by atomic mass is 10.4. The van der Waals surface area contributed by atoms with Crippen molar-refractivity contribution >= 4 is 53.9 Å². The van der Waals surface area contributed by atoms with E-state index >= 15 is 0 Å². The lowest BCUT2D eigenvalue weighted by Gasteiger charge is -2.35. The standard InChI is InChI=1S/C37H50O3P2Si2/c1-5-38-44(39-6-2,40-7-3)33-32-43(4,30-28-41(34-20-12-8-13-21-34)35-22-14-9-15-23-35)31-29-42(36-24-16-10-17-25-36)37-26-18-11-19-27-37/h8-27H,5-7,28-33H2,1-4H3. The maximum Gasteiger partial charge on any atom is 0.500 e. The van der Waals surface area contributed by atoms with Gasteiger partial charge in [0.15, 0.2) is 0 Å². The van der Waals surface area contributed by atoms with Crippen LogP contribution in [0.15, 0.2) is 121 Å². The van der Waals surface area contributed by atoms with Gasteiger partial charge >= 0.3 is 8.80 Å². The molecule has 7 heteroatoms. The van der Waals surface area contributed by atoms with Gasteiger partial charge in [-0.05, 0) is 70.2 Å². The van der Waals surface area contributed by atoms with Gasteiger partial charge in [0.1, 0.15) is 0 Å². The summed E-state index contributed by atoms with van der Waals surface area (Å²) >= 11 is 0. The van der Waals surface area contributed by atoms with Crippen LogP contribution in [0.3, 0.4) is 0 Å². The summed E-state index contributed by atoms with van der Waals surface area (Å²) in [7, 11) is -5.36. The molecule has 0 aromatic heterocycles. The van der Waals surface area contributed by atoms with Crippen molar-refractivity contribution in [3.05, 3.63) is 121 Å². The van der Waals surface area contributed by atoms with Crippen LogP contribution in [0.2, 0.25) is 30.7 Å². The van der Waals surface area contributed by atoms with Crippen LogP contribution in [-0.2, 0) is 13.3 Å². The van der Waals surface area contributed by atoms with E-state index in [1.165, 1.54) is 51.7 Å². The molecule has 0 bridgehead atoms. The van der Waals surface area contributed by atoms with Crippen molar-refractivity contribution in [2.24, 2.45) is 0 Å². The highest BCUT2D eigenvalue weighted by Gasteiger charge is 2.43. The molecular weight excluding hydrogens is 611 g/mol. The monoisotopic (exact) mass is 660 g/mol. The SMILES string of the molecule is CCO[Si](CC[Si](C)(CCP(c1ccccc1)c1ccccc1)CCP(c1ccccc1)c1ccccc1)(OCC)OCC. The molecule has 0 heterocycles. The third-order valence-electron chi connectivity index (χ3n) is 8.28. The molecule has 4 rings (SSSR count). The molecule has 0 amide bonds. The van der Waals surface area contributed by atoms with Gasteiger partial charge in [0.2, 0.25) is 0 Å². The molecule has 0 N–H and O–H groups in total. The number of rotatable bonds is 19. The van der Waals surface area contributed by atoms with Gasteiger partial charge in [-0.3, -0.25) is 0 Å². The van der Waals surface area contributed by atoms with Gasteiger partial charge in [-0.15, -0.1) is 0 Å². The number of benzene rings is 4. The molecule has 0 radical (unpaired) electrons. The largest absolute Gasteiger partial charge is 0.500 e. The maximum atomic E-state index is 6.36. The molecule has 234 valence electrons. The Morgan fingerprint density at radius 2 is 0.727 bits per heavy atom. The highest BCUT2D eigenvalue weighted by molar-refractivity contribution is 7.73. The van der Waals surface area contributed by atoms with E-state index in [4.69, 9.17) is 13.3 Å². The van der Waals surface area contributed by atoms with E-state index < -0.39 is 32.7 Å². The summed E-state index contributed by atoms with van der Waals surface area (Å²) in [5, 5.41) is 5.90. The average molecular weight is 661 g/mol. The molecule has 0 fully saturated rings. The van der Waals surface area contributed by atoms with Gasteiger partial charge in [0.25, 0.3) is 0 Å². The van der Waals surface area contributed by atoms with Crippen molar-refractivity contribution < 1.29 is 13.3 Å². The van der Waals surface area contributed by atoms with Crippen molar-refractivity contribution in [1.29, 1.82) is 0 Å². The second-order valence-corrected chi connectivity index (χ2v) is 24.0. The van der Waals surface area contributed by atoms with Crippen LogP contribution in [-0.4, -0.2) is 49.0 Å². The highest BCUT2D eigenvalue weighted by atomic mass is 31.1. The van der Waals surface area contributed by atoms with Crippen LogP contribution in [0.4, 0.5) is 0 Å². The van der Waals surface area contributed by atoms with Gasteiger partial charge in [-0.1, -0.05) is 146 Å². The van der Waals surface area contributed by atoms with Crippen LogP contribution in [0, 0.1) is 0 Å². The van der Waals surface area contributed by atoms with Gasteiger partial charge in [0, 0.05) is 25.9 Å². The summed E-state index contributed by atoms with van der Waals surface area (Å²) in [6, 6.07) is 49.4. The molecule has 0 aliphatic carbocycles. The Bertz CT molecular complexity index is 1150. The summed E-state index contributed by atoms with van der Waals surface area (Å²) in [5.74, 6) is 0. The second kappa shape index (κ2) is 18.3. The lowest BCUT2D eigenvalue weighted by molar-refractivity contribution is 0.0724. The van der Waals surface area contributed by atoms with Crippen molar-refractivity contribution in [2.75, 3.05) is 32.1 Å². The normalized spacial score (nSPS) is 12.2. The zero-order chi connectivity index (χ0) is 31.1. The molecule has 44 heavy (non-hydrogen) atoms. The van der Waals surface area contributed by atoms with Crippen LogP contribution in [0.25, 0.3) is 0 Å². The molecule has 0 aliphatic rings. The molecule has 0 unspecified atom stereocenters. The average Bonchev–Trinajstić information content (AvgIpc) is 3.07. The van der Waals surface area contributed by atoms with Crippen molar-refractivity contribution in [2.45, 2.75) is 51.5 Å². The Morgan fingerprint density at radius 3 is 1.00 bits per heavy atom. The number of hydrogen-bond donors (Lipinski definition) is 0.